The zero-order valence-corrected chi connectivity index (χ0v) is 17.1. The molecule has 0 amide bonds. The normalized spacial score (nSPS) is 18.5. The molecule has 6 heteroatoms. The van der Waals surface area contributed by atoms with Crippen LogP contribution in [0.15, 0.2) is 52.1 Å². The van der Waals surface area contributed by atoms with Crippen LogP contribution in [-0.4, -0.2) is 35.6 Å². The summed E-state index contributed by atoms with van der Waals surface area (Å²) in [6.45, 7) is 6.62. The van der Waals surface area contributed by atoms with Gasteiger partial charge in [0.2, 0.25) is 0 Å². The molecule has 2 N–H and O–H groups in total. The molecule has 1 aliphatic heterocycles. The Morgan fingerprint density at radius 2 is 2.04 bits per heavy atom. The topological polar surface area (TPSA) is 52.6 Å². The van der Waals surface area contributed by atoms with Gasteiger partial charge in [0.25, 0.3) is 0 Å². The predicted octanol–water partition coefficient (Wildman–Crippen LogP) is 5.06. The Labute approximate surface area is 170 Å². The number of hydrogen-bond acceptors (Lipinski definition) is 3. The Morgan fingerprint density at radius 3 is 2.74 bits per heavy atom. The molecule has 1 heterocycles. The standard InChI is InChI=1S/C21H24Cl2N2O2/c1-13-3-4-15(7-14(2)20(13)23)9-24-18-5-6-19(22)16(8-18)10-25-11-17(12-25)21(26)27/h3,5-8,17,24H,4,9-12H2,1-2H3,(H,26,27). The quantitative estimate of drug-likeness (QED) is 0.693. The summed E-state index contributed by atoms with van der Waals surface area (Å²) in [4.78, 5) is 13.0. The number of likely N-dealkylation sites (tertiary alicyclic amines) is 1. The van der Waals surface area contributed by atoms with E-state index in [9.17, 15) is 4.79 Å². The number of carboxylic acid groups (broad SMARTS) is 1. The number of carbonyl (C=O) groups is 1. The lowest BCUT2D eigenvalue weighted by Crippen LogP contribution is -2.49. The number of hydrogen-bond donors (Lipinski definition) is 2. The fourth-order valence-corrected chi connectivity index (χ4v) is 3.66. The lowest BCUT2D eigenvalue weighted by atomic mass is 9.99. The zero-order valence-electron chi connectivity index (χ0n) is 15.6. The first kappa shape index (κ1) is 20.0. The van der Waals surface area contributed by atoms with E-state index < -0.39 is 5.97 Å². The molecular formula is C21H24Cl2N2O2. The van der Waals surface area contributed by atoms with Crippen molar-refractivity contribution in [2.75, 3.05) is 25.0 Å². The molecule has 2 aliphatic rings. The van der Waals surface area contributed by atoms with Gasteiger partial charge >= 0.3 is 5.97 Å². The smallest absolute Gasteiger partial charge is 0.309 e. The number of nitrogens with zero attached hydrogens (tertiary/aromatic N) is 1. The second-order valence-corrected chi connectivity index (χ2v) is 8.06. The van der Waals surface area contributed by atoms with Crippen molar-refractivity contribution in [1.82, 2.24) is 4.90 Å². The summed E-state index contributed by atoms with van der Waals surface area (Å²) in [7, 11) is 0. The maximum Gasteiger partial charge on any atom is 0.309 e. The highest BCUT2D eigenvalue weighted by atomic mass is 35.5. The van der Waals surface area contributed by atoms with Crippen molar-refractivity contribution in [2.24, 2.45) is 5.92 Å². The minimum absolute atomic E-state index is 0.258. The molecule has 1 aliphatic carbocycles. The second kappa shape index (κ2) is 8.51. The van der Waals surface area contributed by atoms with Crippen LogP contribution in [0.3, 0.4) is 0 Å². The van der Waals surface area contributed by atoms with Gasteiger partial charge in [-0.2, -0.15) is 0 Å². The summed E-state index contributed by atoms with van der Waals surface area (Å²) in [5.74, 6) is -0.981. The third kappa shape index (κ3) is 4.95. The Balaban J connectivity index is 1.62. The van der Waals surface area contributed by atoms with Crippen LogP contribution in [0.2, 0.25) is 5.02 Å². The van der Waals surface area contributed by atoms with Crippen LogP contribution in [0.25, 0.3) is 0 Å². The summed E-state index contributed by atoms with van der Waals surface area (Å²) in [5, 5.41) is 14.0. The Hall–Kier alpha value is -1.75. The lowest BCUT2D eigenvalue weighted by Gasteiger charge is -2.36. The van der Waals surface area contributed by atoms with Gasteiger partial charge in [0.1, 0.15) is 0 Å². The number of carboxylic acids is 1. The summed E-state index contributed by atoms with van der Waals surface area (Å²) in [5.41, 5.74) is 5.48. The van der Waals surface area contributed by atoms with Crippen molar-refractivity contribution >= 4 is 34.9 Å². The first-order chi connectivity index (χ1) is 12.8. The summed E-state index contributed by atoms with van der Waals surface area (Å²) >= 11 is 12.7. The van der Waals surface area contributed by atoms with E-state index in [0.29, 0.717) is 24.7 Å². The summed E-state index contributed by atoms with van der Waals surface area (Å²) in [6.07, 6.45) is 5.17. The summed E-state index contributed by atoms with van der Waals surface area (Å²) < 4.78 is 0. The molecule has 0 saturated carbocycles. The molecular weight excluding hydrogens is 383 g/mol. The first-order valence-corrected chi connectivity index (χ1v) is 9.79. The van der Waals surface area contributed by atoms with Crippen molar-refractivity contribution in [3.63, 3.8) is 0 Å². The van der Waals surface area contributed by atoms with Gasteiger partial charge in [-0.3, -0.25) is 9.69 Å². The largest absolute Gasteiger partial charge is 0.481 e. The summed E-state index contributed by atoms with van der Waals surface area (Å²) in [6, 6.07) is 5.90. The highest BCUT2D eigenvalue weighted by molar-refractivity contribution is 6.32. The molecule has 1 fully saturated rings. The van der Waals surface area contributed by atoms with E-state index in [0.717, 1.165) is 40.4 Å². The molecule has 1 aromatic carbocycles. The number of anilines is 1. The molecule has 0 unspecified atom stereocenters. The molecule has 0 bridgehead atoms. The average molecular weight is 407 g/mol. The predicted molar refractivity (Wildman–Crippen MR) is 111 cm³/mol. The monoisotopic (exact) mass is 406 g/mol. The SMILES string of the molecule is CC1=CCC(CNc2ccc(Cl)c(CN3CC(C(=O)O)C3)c2)=CC(C)=C1Cl. The van der Waals surface area contributed by atoms with Crippen LogP contribution in [-0.2, 0) is 11.3 Å². The molecule has 27 heavy (non-hydrogen) atoms. The van der Waals surface area contributed by atoms with Crippen LogP contribution in [0, 0.1) is 5.92 Å². The average Bonchev–Trinajstić information content (AvgIpc) is 2.71. The van der Waals surface area contributed by atoms with Gasteiger partial charge in [-0.25, -0.2) is 0 Å². The zero-order chi connectivity index (χ0) is 19.6. The first-order valence-electron chi connectivity index (χ1n) is 9.04. The molecule has 0 radical (unpaired) electrons. The third-order valence-electron chi connectivity index (χ3n) is 5.05. The molecule has 0 spiro atoms. The number of rotatable bonds is 6. The van der Waals surface area contributed by atoms with Crippen LogP contribution in [0.1, 0.15) is 25.8 Å². The Bertz CT molecular complexity index is 837. The number of allylic oxidation sites excluding steroid dienone is 5. The van der Waals surface area contributed by atoms with Gasteiger partial charge in [0.05, 0.1) is 5.92 Å². The highest BCUT2D eigenvalue weighted by Gasteiger charge is 2.32. The van der Waals surface area contributed by atoms with Gasteiger partial charge in [0, 0.05) is 41.9 Å². The van der Waals surface area contributed by atoms with Crippen LogP contribution in [0.4, 0.5) is 5.69 Å². The number of aliphatic carboxylic acids is 1. The number of nitrogens with one attached hydrogen (secondary N) is 1. The van der Waals surface area contributed by atoms with Gasteiger partial charge in [-0.1, -0.05) is 35.4 Å². The second-order valence-electron chi connectivity index (χ2n) is 7.28. The maximum atomic E-state index is 10.9. The highest BCUT2D eigenvalue weighted by Crippen LogP contribution is 2.28. The van der Waals surface area contributed by atoms with Crippen LogP contribution >= 0.6 is 23.2 Å². The van der Waals surface area contributed by atoms with E-state index >= 15 is 0 Å². The molecule has 0 aromatic heterocycles. The van der Waals surface area contributed by atoms with E-state index in [1.807, 2.05) is 32.0 Å². The fraction of sp³-hybridized carbons (Fsp3) is 0.381. The molecule has 1 saturated heterocycles. The van der Waals surface area contributed by atoms with Crippen molar-refractivity contribution in [1.29, 1.82) is 0 Å². The van der Waals surface area contributed by atoms with Crippen LogP contribution in [0.5, 0.6) is 0 Å². The van der Waals surface area contributed by atoms with Crippen LogP contribution < -0.4 is 5.32 Å². The number of halogens is 2. The number of benzene rings is 1. The molecule has 144 valence electrons. The molecule has 4 nitrogen and oxygen atoms in total. The van der Waals surface area contributed by atoms with Crippen molar-refractivity contribution in [3.05, 3.63) is 62.7 Å². The molecule has 1 aromatic rings. The minimum atomic E-state index is -0.724. The van der Waals surface area contributed by atoms with E-state index in [-0.39, 0.29) is 5.92 Å². The van der Waals surface area contributed by atoms with E-state index in [4.69, 9.17) is 28.3 Å². The van der Waals surface area contributed by atoms with E-state index in [2.05, 4.69) is 22.4 Å². The maximum absolute atomic E-state index is 10.9. The van der Waals surface area contributed by atoms with Gasteiger partial charge in [-0.05, 0) is 60.8 Å². The van der Waals surface area contributed by atoms with Gasteiger partial charge in [-0.15, -0.1) is 0 Å². The Kier molecular flexibility index (Phi) is 6.30. The fourth-order valence-electron chi connectivity index (χ4n) is 3.35. The third-order valence-corrected chi connectivity index (χ3v) is 6.01. The van der Waals surface area contributed by atoms with Crippen molar-refractivity contribution < 1.29 is 9.90 Å². The van der Waals surface area contributed by atoms with Crippen molar-refractivity contribution in [2.45, 2.75) is 26.8 Å². The Morgan fingerprint density at radius 1 is 1.30 bits per heavy atom. The molecule has 3 rings (SSSR count). The van der Waals surface area contributed by atoms with E-state index in [1.165, 1.54) is 5.57 Å². The minimum Gasteiger partial charge on any atom is -0.481 e. The van der Waals surface area contributed by atoms with E-state index in [1.54, 1.807) is 0 Å². The lowest BCUT2D eigenvalue weighted by molar-refractivity contribution is -0.147. The van der Waals surface area contributed by atoms with Gasteiger partial charge < -0.3 is 10.4 Å². The van der Waals surface area contributed by atoms with Crippen molar-refractivity contribution in [3.8, 4) is 0 Å². The van der Waals surface area contributed by atoms with Gasteiger partial charge in [0.15, 0.2) is 0 Å². The molecule has 0 atom stereocenters.